The molecule has 1 aromatic rings. The lowest BCUT2D eigenvalue weighted by Crippen LogP contribution is -2.46. The zero-order valence-electron chi connectivity index (χ0n) is 15.7. The predicted molar refractivity (Wildman–Crippen MR) is 98.1 cm³/mol. The molecule has 2 atom stereocenters. The van der Waals surface area contributed by atoms with Crippen LogP contribution < -0.4 is 9.47 Å². The summed E-state index contributed by atoms with van der Waals surface area (Å²) >= 11 is 0. The monoisotopic (exact) mass is 346 g/mol. The topological polar surface area (TPSA) is 42.0 Å². The van der Waals surface area contributed by atoms with Crippen molar-refractivity contribution in [2.24, 2.45) is 0 Å². The molecule has 1 amide bonds. The van der Waals surface area contributed by atoms with Crippen molar-refractivity contribution in [3.05, 3.63) is 23.8 Å². The van der Waals surface area contributed by atoms with Crippen molar-refractivity contribution < 1.29 is 14.3 Å². The van der Waals surface area contributed by atoms with Crippen LogP contribution in [0, 0.1) is 0 Å². The Kier molecular flexibility index (Phi) is 5.84. The van der Waals surface area contributed by atoms with Crippen LogP contribution in [-0.4, -0.2) is 55.6 Å². The Morgan fingerprint density at radius 3 is 2.60 bits per heavy atom. The lowest BCUT2D eigenvalue weighted by Gasteiger charge is -2.35. The van der Waals surface area contributed by atoms with Crippen LogP contribution in [0.2, 0.25) is 0 Å². The number of piperidine rings is 1. The fourth-order valence-corrected chi connectivity index (χ4v) is 4.19. The minimum absolute atomic E-state index is 0.277. The number of carbonyl (C=O) groups is 1. The quantitative estimate of drug-likeness (QED) is 0.821. The van der Waals surface area contributed by atoms with Gasteiger partial charge in [-0.1, -0.05) is 6.07 Å². The Hall–Kier alpha value is -1.75. The van der Waals surface area contributed by atoms with E-state index in [1.807, 2.05) is 6.07 Å². The van der Waals surface area contributed by atoms with Gasteiger partial charge in [-0.05, 0) is 63.3 Å². The van der Waals surface area contributed by atoms with Gasteiger partial charge >= 0.3 is 0 Å². The third-order valence-corrected chi connectivity index (χ3v) is 5.62. The molecule has 0 spiro atoms. The van der Waals surface area contributed by atoms with Crippen molar-refractivity contribution in [3.8, 4) is 11.5 Å². The highest BCUT2D eigenvalue weighted by Crippen LogP contribution is 2.36. The Bertz CT molecular complexity index is 605. The van der Waals surface area contributed by atoms with E-state index in [0.29, 0.717) is 12.6 Å². The molecule has 0 aromatic heterocycles. The van der Waals surface area contributed by atoms with E-state index in [9.17, 15) is 4.79 Å². The molecule has 3 rings (SSSR count). The first-order chi connectivity index (χ1) is 12.1. The Morgan fingerprint density at radius 1 is 1.08 bits per heavy atom. The number of hydrogen-bond donors (Lipinski definition) is 0. The molecule has 2 saturated heterocycles. The first-order valence-corrected chi connectivity index (χ1v) is 9.39. The van der Waals surface area contributed by atoms with Gasteiger partial charge in [-0.2, -0.15) is 0 Å². The van der Waals surface area contributed by atoms with Crippen LogP contribution in [0.1, 0.15) is 50.6 Å². The lowest BCUT2D eigenvalue weighted by molar-refractivity contribution is -0.135. The van der Waals surface area contributed by atoms with Gasteiger partial charge in [0, 0.05) is 18.6 Å². The van der Waals surface area contributed by atoms with Gasteiger partial charge in [0.2, 0.25) is 5.91 Å². The Balaban J connectivity index is 1.71. The number of likely N-dealkylation sites (tertiary alicyclic amines) is 2. The van der Waals surface area contributed by atoms with Crippen LogP contribution in [-0.2, 0) is 4.79 Å². The number of amides is 1. The molecule has 0 bridgehead atoms. The van der Waals surface area contributed by atoms with Crippen molar-refractivity contribution in [2.75, 3.05) is 33.9 Å². The number of hydrogen-bond acceptors (Lipinski definition) is 4. The number of rotatable bonds is 5. The minimum Gasteiger partial charge on any atom is -0.493 e. The zero-order chi connectivity index (χ0) is 17.8. The first-order valence-electron chi connectivity index (χ1n) is 9.39. The second-order valence-electron chi connectivity index (χ2n) is 7.17. The number of carbonyl (C=O) groups excluding carboxylic acids is 1. The van der Waals surface area contributed by atoms with Crippen LogP contribution in [0.25, 0.3) is 0 Å². The summed E-state index contributed by atoms with van der Waals surface area (Å²) in [7, 11) is 3.31. The highest BCUT2D eigenvalue weighted by molar-refractivity contribution is 5.78. The van der Waals surface area contributed by atoms with Crippen molar-refractivity contribution in [1.29, 1.82) is 0 Å². The molecule has 0 aliphatic carbocycles. The van der Waals surface area contributed by atoms with Crippen LogP contribution >= 0.6 is 0 Å². The average molecular weight is 346 g/mol. The molecule has 0 saturated carbocycles. The summed E-state index contributed by atoms with van der Waals surface area (Å²) in [6, 6.07) is 6.76. The van der Waals surface area contributed by atoms with Crippen LogP contribution in [0.15, 0.2) is 18.2 Å². The minimum atomic E-state index is 0.277. The molecule has 2 heterocycles. The van der Waals surface area contributed by atoms with Gasteiger partial charge in [0.25, 0.3) is 0 Å². The maximum atomic E-state index is 12.8. The third kappa shape index (κ3) is 3.92. The van der Waals surface area contributed by atoms with E-state index in [1.165, 1.54) is 12.0 Å². The highest BCUT2D eigenvalue weighted by Gasteiger charge is 2.31. The summed E-state index contributed by atoms with van der Waals surface area (Å²) in [4.78, 5) is 17.2. The van der Waals surface area contributed by atoms with Gasteiger partial charge in [-0.15, -0.1) is 0 Å². The fraction of sp³-hybridized carbons (Fsp3) is 0.650. The maximum absolute atomic E-state index is 12.8. The van der Waals surface area contributed by atoms with Crippen molar-refractivity contribution in [1.82, 2.24) is 9.80 Å². The third-order valence-electron chi connectivity index (χ3n) is 5.62. The molecule has 2 aliphatic heterocycles. The second-order valence-corrected chi connectivity index (χ2v) is 7.17. The van der Waals surface area contributed by atoms with E-state index in [4.69, 9.17) is 9.47 Å². The van der Waals surface area contributed by atoms with Crippen molar-refractivity contribution >= 4 is 5.91 Å². The lowest BCUT2D eigenvalue weighted by atomic mass is 10.0. The molecule has 0 radical (unpaired) electrons. The Morgan fingerprint density at radius 2 is 1.88 bits per heavy atom. The second kappa shape index (κ2) is 8.09. The molecule has 0 N–H and O–H groups in total. The zero-order valence-corrected chi connectivity index (χ0v) is 15.7. The van der Waals surface area contributed by atoms with E-state index >= 15 is 0 Å². The number of ether oxygens (including phenoxy) is 2. The van der Waals surface area contributed by atoms with Crippen LogP contribution in [0.4, 0.5) is 0 Å². The van der Waals surface area contributed by atoms with Gasteiger partial charge in [0.05, 0.1) is 20.8 Å². The summed E-state index contributed by atoms with van der Waals surface area (Å²) < 4.78 is 10.8. The van der Waals surface area contributed by atoms with Crippen molar-refractivity contribution in [2.45, 2.75) is 51.1 Å². The van der Waals surface area contributed by atoms with Gasteiger partial charge in [0.15, 0.2) is 11.5 Å². The smallest absolute Gasteiger partial charge is 0.237 e. The molecule has 1 aromatic carbocycles. The molecule has 2 unspecified atom stereocenters. The predicted octanol–water partition coefficient (Wildman–Crippen LogP) is 3.24. The number of nitrogens with zero attached hydrogens (tertiary/aromatic N) is 2. The van der Waals surface area contributed by atoms with Crippen molar-refractivity contribution in [3.63, 3.8) is 0 Å². The summed E-state index contributed by atoms with van der Waals surface area (Å²) in [5.74, 6) is 1.77. The molecule has 2 aliphatic rings. The standard InChI is InChI=1S/C20H30N2O3/c1-15-7-4-5-12-22(15)20(23)14-21-11-6-8-17(21)16-9-10-18(24-2)19(13-16)25-3/h9-10,13,15,17H,4-8,11-12,14H2,1-3H3. The van der Waals surface area contributed by atoms with E-state index in [1.54, 1.807) is 14.2 Å². The summed E-state index contributed by atoms with van der Waals surface area (Å²) in [6.07, 6.45) is 5.71. The van der Waals surface area contributed by atoms with Crippen LogP contribution in [0.3, 0.4) is 0 Å². The van der Waals surface area contributed by atoms with Gasteiger partial charge in [0.1, 0.15) is 0 Å². The molecule has 5 heteroatoms. The van der Waals surface area contributed by atoms with Gasteiger partial charge < -0.3 is 14.4 Å². The first kappa shape index (κ1) is 18.1. The summed E-state index contributed by atoms with van der Waals surface area (Å²) in [5.41, 5.74) is 1.20. The maximum Gasteiger partial charge on any atom is 0.237 e. The average Bonchev–Trinajstić information content (AvgIpc) is 3.09. The molecule has 25 heavy (non-hydrogen) atoms. The molecule has 138 valence electrons. The Labute approximate surface area is 150 Å². The van der Waals surface area contributed by atoms with E-state index in [2.05, 4.69) is 28.9 Å². The van der Waals surface area contributed by atoms with Gasteiger partial charge in [-0.25, -0.2) is 0 Å². The SMILES string of the molecule is COc1ccc(C2CCCN2CC(=O)N2CCCCC2C)cc1OC. The molecular formula is C20H30N2O3. The van der Waals surface area contributed by atoms with E-state index < -0.39 is 0 Å². The fourth-order valence-electron chi connectivity index (χ4n) is 4.19. The number of methoxy groups -OCH3 is 2. The molecule has 5 nitrogen and oxygen atoms in total. The largest absolute Gasteiger partial charge is 0.493 e. The summed E-state index contributed by atoms with van der Waals surface area (Å²) in [6.45, 7) is 4.58. The molecule has 2 fully saturated rings. The number of benzene rings is 1. The van der Waals surface area contributed by atoms with E-state index in [0.717, 1.165) is 50.3 Å². The normalized spacial score (nSPS) is 24.4. The van der Waals surface area contributed by atoms with Gasteiger partial charge in [-0.3, -0.25) is 9.69 Å². The molecular weight excluding hydrogens is 316 g/mol. The van der Waals surface area contributed by atoms with Crippen LogP contribution in [0.5, 0.6) is 11.5 Å². The summed E-state index contributed by atoms with van der Waals surface area (Å²) in [5, 5.41) is 0. The van der Waals surface area contributed by atoms with E-state index in [-0.39, 0.29) is 11.9 Å². The highest BCUT2D eigenvalue weighted by atomic mass is 16.5.